The van der Waals surface area contributed by atoms with Crippen LogP contribution in [0.15, 0.2) is 11.1 Å². The molecule has 0 aliphatic carbocycles. The van der Waals surface area contributed by atoms with Gasteiger partial charge in [0.2, 0.25) is 0 Å². The molecule has 1 saturated heterocycles. The molecule has 12 heavy (non-hydrogen) atoms. The van der Waals surface area contributed by atoms with Crippen LogP contribution in [0.3, 0.4) is 0 Å². The Morgan fingerprint density at radius 3 is 3.00 bits per heavy atom. The molecule has 1 unspecified atom stereocenters. The molecule has 1 rings (SSSR count). The molecule has 0 radical (unpaired) electrons. The number of piperidine rings is 1. The van der Waals surface area contributed by atoms with Crippen molar-refractivity contribution in [1.29, 1.82) is 0 Å². The van der Waals surface area contributed by atoms with Crippen LogP contribution in [-0.4, -0.2) is 29.9 Å². The predicted octanol–water partition coefficient (Wildman–Crippen LogP) is 2.83. The Morgan fingerprint density at radius 2 is 2.42 bits per heavy atom. The standard InChI is InChI=1S/C9H15Cl2N/c1-8(5-10)6-12-4-2-3-9(11)7-12/h5,9H,2-4,6-7H2,1H3/b8-5+. The van der Waals surface area contributed by atoms with E-state index in [-0.39, 0.29) is 0 Å². The molecule has 0 bridgehead atoms. The van der Waals surface area contributed by atoms with Crippen molar-refractivity contribution in [2.24, 2.45) is 0 Å². The molecular formula is C9H15Cl2N. The maximum atomic E-state index is 6.04. The smallest absolute Gasteiger partial charge is 0.0463 e. The van der Waals surface area contributed by atoms with Crippen LogP contribution in [0.2, 0.25) is 0 Å². The van der Waals surface area contributed by atoms with Gasteiger partial charge in [-0.15, -0.1) is 11.6 Å². The highest BCUT2D eigenvalue weighted by Crippen LogP contribution is 2.15. The summed E-state index contributed by atoms with van der Waals surface area (Å²) in [5.41, 5.74) is 2.86. The summed E-state index contributed by atoms with van der Waals surface area (Å²) in [6.07, 6.45) is 2.37. The SMILES string of the molecule is C/C(=C\Cl)CN1CCCC(Cl)C1. The number of hydrogen-bond acceptors (Lipinski definition) is 1. The van der Waals surface area contributed by atoms with Crippen LogP contribution in [0.4, 0.5) is 0 Å². The molecule has 0 spiro atoms. The zero-order chi connectivity index (χ0) is 8.97. The quantitative estimate of drug-likeness (QED) is 0.630. The molecule has 3 heteroatoms. The zero-order valence-electron chi connectivity index (χ0n) is 7.39. The van der Waals surface area contributed by atoms with Gasteiger partial charge in [0.15, 0.2) is 0 Å². The summed E-state index contributed by atoms with van der Waals surface area (Å²) < 4.78 is 0. The van der Waals surface area contributed by atoms with Gasteiger partial charge in [-0.1, -0.05) is 11.6 Å². The molecule has 0 amide bonds. The number of halogens is 2. The molecule has 1 heterocycles. The summed E-state index contributed by atoms with van der Waals surface area (Å²) in [5.74, 6) is 0. The molecule has 1 fully saturated rings. The third-order valence-corrected chi connectivity index (χ3v) is 2.84. The Morgan fingerprint density at radius 1 is 1.67 bits per heavy atom. The Hall–Kier alpha value is 0.280. The number of alkyl halides is 1. The molecule has 1 aliphatic heterocycles. The molecule has 1 atom stereocenters. The summed E-state index contributed by atoms with van der Waals surface area (Å²) >= 11 is 11.6. The van der Waals surface area contributed by atoms with Crippen molar-refractivity contribution in [3.05, 3.63) is 11.1 Å². The van der Waals surface area contributed by atoms with E-state index in [4.69, 9.17) is 23.2 Å². The molecule has 0 aromatic heterocycles. The van der Waals surface area contributed by atoms with Crippen molar-refractivity contribution < 1.29 is 0 Å². The molecular weight excluding hydrogens is 193 g/mol. The van der Waals surface area contributed by atoms with Crippen LogP contribution in [0.25, 0.3) is 0 Å². The van der Waals surface area contributed by atoms with E-state index in [0.29, 0.717) is 5.38 Å². The lowest BCUT2D eigenvalue weighted by atomic mass is 10.1. The van der Waals surface area contributed by atoms with E-state index in [1.165, 1.54) is 12.0 Å². The van der Waals surface area contributed by atoms with Gasteiger partial charge in [-0.25, -0.2) is 0 Å². The third-order valence-electron chi connectivity index (χ3n) is 2.11. The first kappa shape index (κ1) is 10.4. The van der Waals surface area contributed by atoms with Gasteiger partial charge in [0, 0.05) is 24.0 Å². The van der Waals surface area contributed by atoms with Gasteiger partial charge < -0.3 is 0 Å². The predicted molar refractivity (Wildman–Crippen MR) is 54.9 cm³/mol. The minimum absolute atomic E-state index is 0.335. The molecule has 0 aromatic rings. The first-order valence-electron chi connectivity index (χ1n) is 4.34. The molecule has 1 aliphatic rings. The minimum Gasteiger partial charge on any atom is -0.298 e. The van der Waals surface area contributed by atoms with Crippen molar-refractivity contribution in [2.45, 2.75) is 25.1 Å². The second-order valence-corrected chi connectivity index (χ2v) is 4.27. The van der Waals surface area contributed by atoms with E-state index in [2.05, 4.69) is 4.90 Å². The van der Waals surface area contributed by atoms with E-state index < -0.39 is 0 Å². The van der Waals surface area contributed by atoms with Gasteiger partial charge in [0.25, 0.3) is 0 Å². The van der Waals surface area contributed by atoms with Gasteiger partial charge in [0.05, 0.1) is 0 Å². The zero-order valence-corrected chi connectivity index (χ0v) is 8.91. The number of likely N-dealkylation sites (tertiary alicyclic amines) is 1. The molecule has 70 valence electrons. The molecule has 0 saturated carbocycles. The van der Waals surface area contributed by atoms with Gasteiger partial charge in [-0.3, -0.25) is 4.90 Å². The fraction of sp³-hybridized carbons (Fsp3) is 0.778. The molecule has 1 nitrogen and oxygen atoms in total. The van der Waals surface area contributed by atoms with E-state index in [9.17, 15) is 0 Å². The van der Waals surface area contributed by atoms with Crippen molar-refractivity contribution in [2.75, 3.05) is 19.6 Å². The number of rotatable bonds is 2. The van der Waals surface area contributed by atoms with Crippen molar-refractivity contribution in [1.82, 2.24) is 4.90 Å². The summed E-state index contributed by atoms with van der Waals surface area (Å²) in [6.45, 7) is 5.17. The molecule has 0 aromatic carbocycles. The van der Waals surface area contributed by atoms with Gasteiger partial charge >= 0.3 is 0 Å². The van der Waals surface area contributed by atoms with Crippen LogP contribution >= 0.6 is 23.2 Å². The highest BCUT2D eigenvalue weighted by atomic mass is 35.5. The first-order valence-corrected chi connectivity index (χ1v) is 5.22. The monoisotopic (exact) mass is 207 g/mol. The van der Waals surface area contributed by atoms with Crippen LogP contribution in [0.1, 0.15) is 19.8 Å². The fourth-order valence-corrected chi connectivity index (χ4v) is 1.95. The van der Waals surface area contributed by atoms with Crippen LogP contribution in [0, 0.1) is 0 Å². The Bertz CT molecular complexity index is 168. The summed E-state index contributed by atoms with van der Waals surface area (Å²) in [5, 5.41) is 0.335. The van der Waals surface area contributed by atoms with E-state index in [1.54, 1.807) is 5.54 Å². The van der Waals surface area contributed by atoms with Crippen molar-refractivity contribution in [3.63, 3.8) is 0 Å². The Kier molecular flexibility index (Phi) is 4.41. The summed E-state index contributed by atoms with van der Waals surface area (Å²) in [6, 6.07) is 0. The second-order valence-electron chi connectivity index (χ2n) is 3.43. The minimum atomic E-state index is 0.335. The summed E-state index contributed by atoms with van der Waals surface area (Å²) in [4.78, 5) is 2.36. The van der Waals surface area contributed by atoms with Crippen LogP contribution in [-0.2, 0) is 0 Å². The van der Waals surface area contributed by atoms with Crippen LogP contribution < -0.4 is 0 Å². The number of nitrogens with zero attached hydrogens (tertiary/aromatic N) is 1. The average Bonchev–Trinajstić information content (AvgIpc) is 2.04. The fourth-order valence-electron chi connectivity index (χ4n) is 1.53. The Balaban J connectivity index is 2.32. The largest absolute Gasteiger partial charge is 0.298 e. The second kappa shape index (κ2) is 5.11. The van der Waals surface area contributed by atoms with E-state index in [0.717, 1.165) is 26.1 Å². The lowest BCUT2D eigenvalue weighted by Gasteiger charge is -2.29. The van der Waals surface area contributed by atoms with E-state index in [1.807, 2.05) is 6.92 Å². The highest BCUT2D eigenvalue weighted by Gasteiger charge is 2.17. The average molecular weight is 208 g/mol. The number of hydrogen-bond donors (Lipinski definition) is 0. The topological polar surface area (TPSA) is 3.24 Å². The van der Waals surface area contributed by atoms with Gasteiger partial charge in [-0.05, 0) is 31.9 Å². The van der Waals surface area contributed by atoms with Crippen molar-refractivity contribution in [3.8, 4) is 0 Å². The lowest BCUT2D eigenvalue weighted by molar-refractivity contribution is 0.250. The van der Waals surface area contributed by atoms with Gasteiger partial charge in [0.1, 0.15) is 0 Å². The highest BCUT2D eigenvalue weighted by molar-refractivity contribution is 6.25. The van der Waals surface area contributed by atoms with E-state index >= 15 is 0 Å². The Labute approximate surface area is 84.3 Å². The third kappa shape index (κ3) is 3.34. The van der Waals surface area contributed by atoms with Gasteiger partial charge in [-0.2, -0.15) is 0 Å². The van der Waals surface area contributed by atoms with Crippen molar-refractivity contribution >= 4 is 23.2 Å². The lowest BCUT2D eigenvalue weighted by Crippen LogP contribution is -2.36. The normalized spacial score (nSPS) is 27.6. The maximum absolute atomic E-state index is 6.04. The molecule has 0 N–H and O–H groups in total. The summed E-state index contributed by atoms with van der Waals surface area (Å²) in [7, 11) is 0. The van der Waals surface area contributed by atoms with Crippen LogP contribution in [0.5, 0.6) is 0 Å². The maximum Gasteiger partial charge on any atom is 0.0463 e. The first-order chi connectivity index (χ1) is 5.72.